The summed E-state index contributed by atoms with van der Waals surface area (Å²) in [5.74, 6) is 6.34. The fourth-order valence-electron chi connectivity index (χ4n) is 1.94. The molecule has 1 N–H and O–H groups in total. The van der Waals surface area contributed by atoms with Crippen LogP contribution in [0.2, 0.25) is 0 Å². The van der Waals surface area contributed by atoms with Crippen molar-refractivity contribution in [2.75, 3.05) is 47.1 Å². The van der Waals surface area contributed by atoms with Gasteiger partial charge in [0.2, 0.25) is 0 Å². The molecule has 1 aromatic rings. The van der Waals surface area contributed by atoms with Crippen LogP contribution in [-0.4, -0.2) is 62.1 Å². The van der Waals surface area contributed by atoms with Crippen LogP contribution in [0.5, 0.6) is 0 Å². The van der Waals surface area contributed by atoms with Crippen molar-refractivity contribution in [2.45, 2.75) is 13.0 Å². The zero-order valence-electron chi connectivity index (χ0n) is 13.3. The van der Waals surface area contributed by atoms with Crippen molar-refractivity contribution in [2.24, 2.45) is 0 Å². The highest BCUT2D eigenvalue weighted by molar-refractivity contribution is 9.10. The van der Waals surface area contributed by atoms with Gasteiger partial charge in [-0.05, 0) is 28.9 Å². The molecule has 2 rings (SSSR count). The monoisotopic (exact) mass is 370 g/mol. The molecule has 0 bridgehead atoms. The van der Waals surface area contributed by atoms with Crippen molar-refractivity contribution in [3.05, 3.63) is 28.0 Å². The minimum Gasteiger partial charge on any atom is -0.400 e. The maximum atomic E-state index is 7.00. The summed E-state index contributed by atoms with van der Waals surface area (Å²) in [5.41, 5.74) is 1.81. The summed E-state index contributed by atoms with van der Waals surface area (Å²) in [5, 5.41) is 7.00. The van der Waals surface area contributed by atoms with E-state index in [-0.39, 0.29) is 6.10 Å². The molecule has 0 spiro atoms. The predicted molar refractivity (Wildman–Crippen MR) is 89.6 cm³/mol. The molecule has 1 atom stereocenters. The minimum absolute atomic E-state index is 0.0280. The van der Waals surface area contributed by atoms with Crippen molar-refractivity contribution < 1.29 is 14.6 Å². The van der Waals surface area contributed by atoms with Gasteiger partial charge in [0.15, 0.2) is 0 Å². The molecular weight excluding hydrogens is 348 g/mol. The lowest BCUT2D eigenvalue weighted by atomic mass is 10.2. The lowest BCUT2D eigenvalue weighted by Gasteiger charge is -2.24. The first-order chi connectivity index (χ1) is 10.7. The number of nitrogens with zero attached hydrogens (tertiary/aromatic N) is 2. The summed E-state index contributed by atoms with van der Waals surface area (Å²) in [6, 6.07) is 1.99. The van der Waals surface area contributed by atoms with Crippen LogP contribution in [-0.2, 0) is 9.47 Å². The Morgan fingerprint density at radius 1 is 1.45 bits per heavy atom. The molecule has 1 unspecified atom stereocenters. The van der Waals surface area contributed by atoms with E-state index in [4.69, 9.17) is 14.6 Å². The van der Waals surface area contributed by atoms with E-state index in [9.17, 15) is 0 Å². The quantitative estimate of drug-likeness (QED) is 0.822. The summed E-state index contributed by atoms with van der Waals surface area (Å²) < 4.78 is 11.5. The van der Waals surface area contributed by atoms with Gasteiger partial charge in [0, 0.05) is 43.5 Å². The molecule has 22 heavy (non-hydrogen) atoms. The van der Waals surface area contributed by atoms with Crippen molar-refractivity contribution in [1.82, 2.24) is 9.88 Å². The van der Waals surface area contributed by atoms with Gasteiger partial charge in [-0.2, -0.15) is 0 Å². The van der Waals surface area contributed by atoms with Crippen LogP contribution in [0.25, 0.3) is 0 Å². The average Bonchev–Trinajstić information content (AvgIpc) is 2.57. The van der Waals surface area contributed by atoms with E-state index in [1.165, 1.54) is 0 Å². The topological polar surface area (TPSA) is 54.8 Å². The molecule has 1 aliphatic heterocycles. The predicted octanol–water partition coefficient (Wildman–Crippen LogP) is 1.84. The highest BCUT2D eigenvalue weighted by Crippen LogP contribution is 2.23. The van der Waals surface area contributed by atoms with Crippen LogP contribution in [0.1, 0.15) is 24.3 Å². The largest absolute Gasteiger partial charge is 0.400 e. The smallest absolute Gasteiger partial charge is 0.0974 e. The molecule has 1 aliphatic rings. The van der Waals surface area contributed by atoms with Crippen molar-refractivity contribution in [3.8, 4) is 11.8 Å². The van der Waals surface area contributed by atoms with E-state index in [2.05, 4.69) is 37.7 Å². The Labute approximate surface area is 140 Å². The Kier molecular flexibility index (Phi) is 9.28. The van der Waals surface area contributed by atoms with Gasteiger partial charge in [-0.3, -0.25) is 9.88 Å². The third kappa shape index (κ3) is 6.03. The van der Waals surface area contributed by atoms with E-state index in [0.29, 0.717) is 0 Å². The summed E-state index contributed by atoms with van der Waals surface area (Å²) in [4.78, 5) is 6.70. The summed E-state index contributed by atoms with van der Waals surface area (Å²) in [6.45, 7) is 6.27. The van der Waals surface area contributed by atoms with Gasteiger partial charge in [-0.15, -0.1) is 0 Å². The van der Waals surface area contributed by atoms with Gasteiger partial charge in [-0.25, -0.2) is 0 Å². The fourth-order valence-corrected chi connectivity index (χ4v) is 2.61. The number of ether oxygens (including phenoxy) is 2. The molecule has 2 heterocycles. The third-order valence-electron chi connectivity index (χ3n) is 3.25. The molecule has 122 valence electrons. The highest BCUT2D eigenvalue weighted by atomic mass is 79.9. The number of methoxy groups -OCH3 is 1. The van der Waals surface area contributed by atoms with Gasteiger partial charge in [-0.1, -0.05) is 11.8 Å². The van der Waals surface area contributed by atoms with Crippen molar-refractivity contribution in [1.29, 1.82) is 0 Å². The molecule has 0 radical (unpaired) electrons. The van der Waals surface area contributed by atoms with Crippen LogP contribution in [0.4, 0.5) is 0 Å². The Bertz CT molecular complexity index is 508. The third-order valence-corrected chi connectivity index (χ3v) is 3.88. The molecule has 0 aromatic carbocycles. The maximum Gasteiger partial charge on any atom is 0.0974 e. The fraction of sp³-hybridized carbons (Fsp3) is 0.562. The lowest BCUT2D eigenvalue weighted by molar-refractivity contribution is 0.0443. The summed E-state index contributed by atoms with van der Waals surface area (Å²) >= 11 is 3.52. The number of aliphatic hydroxyl groups excluding tert-OH is 1. The molecule has 0 amide bonds. The first-order valence-electron chi connectivity index (χ1n) is 7.12. The number of aliphatic hydroxyl groups is 1. The van der Waals surface area contributed by atoms with Crippen LogP contribution < -0.4 is 0 Å². The Balaban J connectivity index is 0.00000116. The first-order valence-corrected chi connectivity index (χ1v) is 7.92. The van der Waals surface area contributed by atoms with Crippen LogP contribution in [0.15, 0.2) is 16.7 Å². The molecule has 5 nitrogen and oxygen atoms in total. The second-order valence-corrected chi connectivity index (χ2v) is 5.51. The molecule has 0 saturated carbocycles. The van der Waals surface area contributed by atoms with Crippen LogP contribution in [0, 0.1) is 11.8 Å². The summed E-state index contributed by atoms with van der Waals surface area (Å²) in [6.07, 6.45) is 1.77. The normalized spacial score (nSPS) is 16.0. The molecule has 0 aliphatic carbocycles. The second-order valence-electron chi connectivity index (χ2n) is 4.66. The van der Waals surface area contributed by atoms with Gasteiger partial charge in [0.05, 0.1) is 31.6 Å². The molecular formula is C16H23BrN2O3. The molecule has 1 saturated heterocycles. The van der Waals surface area contributed by atoms with E-state index >= 15 is 0 Å². The average molecular weight is 371 g/mol. The number of hydrogen-bond donors (Lipinski definition) is 1. The van der Waals surface area contributed by atoms with Gasteiger partial charge >= 0.3 is 0 Å². The van der Waals surface area contributed by atoms with Crippen LogP contribution in [0.3, 0.4) is 0 Å². The zero-order chi connectivity index (χ0) is 16.4. The van der Waals surface area contributed by atoms with E-state index in [0.717, 1.165) is 55.7 Å². The Morgan fingerprint density at radius 3 is 2.73 bits per heavy atom. The van der Waals surface area contributed by atoms with Gasteiger partial charge < -0.3 is 14.6 Å². The van der Waals surface area contributed by atoms with E-state index in [1.807, 2.05) is 13.0 Å². The lowest BCUT2D eigenvalue weighted by Crippen LogP contribution is -2.36. The number of pyridine rings is 1. The van der Waals surface area contributed by atoms with E-state index in [1.54, 1.807) is 13.3 Å². The maximum absolute atomic E-state index is 7.00. The SMILES string of the molecule is CO.COC(C)c1ncc(C#CCN2CCOCC2)cc1Br. The number of morpholine rings is 1. The molecule has 1 fully saturated rings. The molecule has 6 heteroatoms. The minimum atomic E-state index is -0.0280. The zero-order valence-corrected chi connectivity index (χ0v) is 14.9. The highest BCUT2D eigenvalue weighted by Gasteiger charge is 2.10. The first kappa shape index (κ1) is 19.1. The Morgan fingerprint density at radius 2 is 2.14 bits per heavy atom. The molecule has 1 aromatic heterocycles. The number of hydrogen-bond acceptors (Lipinski definition) is 5. The van der Waals surface area contributed by atoms with E-state index < -0.39 is 0 Å². The second kappa shape index (κ2) is 10.7. The van der Waals surface area contributed by atoms with Gasteiger partial charge in [0.1, 0.15) is 0 Å². The number of aromatic nitrogens is 1. The summed E-state index contributed by atoms with van der Waals surface area (Å²) in [7, 11) is 2.68. The number of rotatable bonds is 3. The number of halogens is 1. The van der Waals surface area contributed by atoms with Crippen LogP contribution >= 0.6 is 15.9 Å². The Hall–Kier alpha value is -0.970. The van der Waals surface area contributed by atoms with Crippen molar-refractivity contribution >= 4 is 15.9 Å². The van der Waals surface area contributed by atoms with Gasteiger partial charge in [0.25, 0.3) is 0 Å². The standard InChI is InChI=1S/C15H19BrN2O2.CH4O/c1-12(19-2)15-14(16)10-13(11-17-15)4-3-5-18-6-8-20-9-7-18;1-2/h10-12H,5-9H2,1-2H3;2H,1H3. The van der Waals surface area contributed by atoms with Crippen molar-refractivity contribution in [3.63, 3.8) is 0 Å².